The van der Waals surface area contributed by atoms with Gasteiger partial charge in [-0.3, -0.25) is 0 Å². The summed E-state index contributed by atoms with van der Waals surface area (Å²) in [6.07, 6.45) is 9.18. The maximum absolute atomic E-state index is 9.60. The Morgan fingerprint density at radius 3 is 2.71 bits per heavy atom. The highest BCUT2D eigenvalue weighted by Crippen LogP contribution is 2.56. The lowest BCUT2D eigenvalue weighted by molar-refractivity contribution is 0.253. The molecule has 4 atom stereocenters. The number of rotatable bonds is 2. The van der Waals surface area contributed by atoms with E-state index in [9.17, 15) is 5.11 Å². The van der Waals surface area contributed by atoms with Crippen molar-refractivity contribution in [2.45, 2.75) is 72.6 Å². The molecule has 1 heteroatoms. The van der Waals surface area contributed by atoms with Gasteiger partial charge in [-0.15, -0.1) is 0 Å². The predicted molar refractivity (Wildman–Crippen MR) is 89.1 cm³/mol. The minimum atomic E-state index is 0.314. The first kappa shape index (κ1) is 15.3. The van der Waals surface area contributed by atoms with Crippen LogP contribution in [0.15, 0.2) is 22.3 Å². The van der Waals surface area contributed by atoms with E-state index in [0.717, 1.165) is 11.8 Å². The van der Waals surface area contributed by atoms with Crippen molar-refractivity contribution in [2.24, 2.45) is 23.2 Å². The van der Waals surface area contributed by atoms with E-state index in [4.69, 9.17) is 0 Å². The first-order chi connectivity index (χ1) is 9.96. The third-order valence-electron chi connectivity index (χ3n) is 6.87. The molecule has 0 unspecified atom stereocenters. The van der Waals surface area contributed by atoms with Gasteiger partial charge in [0.1, 0.15) is 0 Å². The van der Waals surface area contributed by atoms with Gasteiger partial charge in [-0.1, -0.05) is 43.1 Å². The minimum absolute atomic E-state index is 0.314. The smallest absolute Gasteiger partial charge is 0.0493 e. The van der Waals surface area contributed by atoms with Crippen molar-refractivity contribution in [3.8, 4) is 0 Å². The van der Waals surface area contributed by atoms with E-state index in [1.54, 1.807) is 22.3 Å². The van der Waals surface area contributed by atoms with E-state index < -0.39 is 0 Å². The van der Waals surface area contributed by atoms with Crippen LogP contribution in [0.4, 0.5) is 0 Å². The Kier molecular flexibility index (Phi) is 4.07. The first-order valence-electron chi connectivity index (χ1n) is 8.98. The van der Waals surface area contributed by atoms with E-state index in [1.165, 1.54) is 44.9 Å². The molecule has 0 radical (unpaired) electrons. The van der Waals surface area contributed by atoms with Crippen LogP contribution in [0.2, 0.25) is 0 Å². The molecular weight excluding hydrogens is 256 g/mol. The van der Waals surface area contributed by atoms with Gasteiger partial charge >= 0.3 is 0 Å². The zero-order chi connectivity index (χ0) is 15.2. The Hall–Kier alpha value is -0.560. The highest BCUT2D eigenvalue weighted by molar-refractivity contribution is 5.35. The summed E-state index contributed by atoms with van der Waals surface area (Å²) in [5.74, 6) is 2.06. The second-order valence-corrected chi connectivity index (χ2v) is 8.29. The molecule has 3 aliphatic carbocycles. The van der Waals surface area contributed by atoms with Gasteiger partial charge in [0.05, 0.1) is 0 Å². The summed E-state index contributed by atoms with van der Waals surface area (Å²) in [6.45, 7) is 9.87. The molecule has 3 rings (SSSR count). The average molecular weight is 288 g/mol. The number of aliphatic hydroxyl groups is 1. The first-order valence-corrected chi connectivity index (χ1v) is 8.98. The van der Waals surface area contributed by atoms with Crippen LogP contribution in [0.5, 0.6) is 0 Å². The van der Waals surface area contributed by atoms with E-state index >= 15 is 0 Å². The van der Waals surface area contributed by atoms with Crippen LogP contribution < -0.4 is 0 Å². The fraction of sp³-hybridized carbons (Fsp3) is 0.800. The lowest BCUT2D eigenvalue weighted by atomic mass is 9.68. The monoisotopic (exact) mass is 288 g/mol. The molecule has 1 nitrogen and oxygen atoms in total. The second-order valence-electron chi connectivity index (χ2n) is 8.29. The van der Waals surface area contributed by atoms with Crippen molar-refractivity contribution in [1.29, 1.82) is 0 Å². The lowest BCUT2D eigenvalue weighted by Gasteiger charge is -2.37. The van der Waals surface area contributed by atoms with Crippen LogP contribution in [-0.2, 0) is 0 Å². The van der Waals surface area contributed by atoms with Crippen molar-refractivity contribution in [3.63, 3.8) is 0 Å². The molecule has 0 spiro atoms. The van der Waals surface area contributed by atoms with Crippen molar-refractivity contribution in [3.05, 3.63) is 22.3 Å². The zero-order valence-electron chi connectivity index (χ0n) is 14.3. The normalized spacial score (nSPS) is 38.1. The van der Waals surface area contributed by atoms with E-state index in [1.807, 2.05) is 0 Å². The fourth-order valence-electron chi connectivity index (χ4n) is 5.34. The molecule has 118 valence electrons. The highest BCUT2D eigenvalue weighted by Gasteiger charge is 2.42. The summed E-state index contributed by atoms with van der Waals surface area (Å²) >= 11 is 0. The topological polar surface area (TPSA) is 20.2 Å². The van der Waals surface area contributed by atoms with Gasteiger partial charge in [-0.25, -0.2) is 0 Å². The maximum atomic E-state index is 9.60. The predicted octanol–water partition coefficient (Wildman–Crippen LogP) is 5.26. The highest BCUT2D eigenvalue weighted by atomic mass is 16.3. The molecule has 0 saturated heterocycles. The number of fused-ring (bicyclic) bond motifs is 2. The summed E-state index contributed by atoms with van der Waals surface area (Å²) in [5, 5.41) is 9.60. The molecule has 3 aliphatic rings. The van der Waals surface area contributed by atoms with E-state index in [-0.39, 0.29) is 0 Å². The van der Waals surface area contributed by atoms with Crippen molar-refractivity contribution in [2.75, 3.05) is 6.61 Å². The van der Waals surface area contributed by atoms with Gasteiger partial charge in [-0.05, 0) is 69.1 Å². The fourth-order valence-corrected chi connectivity index (χ4v) is 5.34. The van der Waals surface area contributed by atoms with Crippen LogP contribution in [-0.4, -0.2) is 11.7 Å². The molecule has 1 N–H and O–H groups in total. The molecule has 0 aromatic carbocycles. The third-order valence-corrected chi connectivity index (χ3v) is 6.87. The number of allylic oxidation sites excluding steroid dienone is 3. The van der Waals surface area contributed by atoms with Gasteiger partial charge in [0.15, 0.2) is 0 Å². The Balaban J connectivity index is 1.98. The summed E-state index contributed by atoms with van der Waals surface area (Å²) in [6, 6.07) is 0. The molecule has 0 aromatic heterocycles. The molecule has 0 heterocycles. The Bertz CT molecular complexity index is 484. The third kappa shape index (κ3) is 2.52. The molecule has 0 aliphatic heterocycles. The average Bonchev–Trinajstić information content (AvgIpc) is 2.96. The molecular formula is C20H32O. The summed E-state index contributed by atoms with van der Waals surface area (Å²) in [7, 11) is 0. The molecule has 0 aromatic rings. The van der Waals surface area contributed by atoms with Crippen LogP contribution in [0.1, 0.15) is 72.6 Å². The van der Waals surface area contributed by atoms with Gasteiger partial charge in [-0.2, -0.15) is 0 Å². The number of hydrogen-bond donors (Lipinski definition) is 1. The largest absolute Gasteiger partial charge is 0.396 e. The standard InChI is InChI=1S/C20H32O/c1-13-6-8-19-17(15(3)12-21)9-10-20(19,4)11-18-14(2)5-7-16(13)18/h13,15-16,21H,5-12H2,1-4H3/t13-,15+,16-,20+/m0/s1. The van der Waals surface area contributed by atoms with Crippen LogP contribution >= 0.6 is 0 Å². The lowest BCUT2D eigenvalue weighted by Crippen LogP contribution is -2.25. The molecule has 0 amide bonds. The van der Waals surface area contributed by atoms with Gasteiger partial charge in [0.2, 0.25) is 0 Å². The van der Waals surface area contributed by atoms with Crippen molar-refractivity contribution < 1.29 is 5.11 Å². The molecule has 1 saturated carbocycles. The Labute approximate surface area is 130 Å². The van der Waals surface area contributed by atoms with Crippen LogP contribution in [0.25, 0.3) is 0 Å². The quantitative estimate of drug-likeness (QED) is 0.687. The maximum Gasteiger partial charge on any atom is 0.0493 e. The number of hydrogen-bond acceptors (Lipinski definition) is 1. The van der Waals surface area contributed by atoms with Gasteiger partial charge in [0, 0.05) is 12.5 Å². The SMILES string of the molecule is CC1=C2C[C@@]3(C)CCC([C@H](C)CO)=C3CC[C@H](C)[C@@H]2CC1. The van der Waals surface area contributed by atoms with Crippen molar-refractivity contribution in [1.82, 2.24) is 0 Å². The summed E-state index contributed by atoms with van der Waals surface area (Å²) in [4.78, 5) is 0. The Morgan fingerprint density at radius 2 is 2.00 bits per heavy atom. The minimum Gasteiger partial charge on any atom is -0.396 e. The summed E-state index contributed by atoms with van der Waals surface area (Å²) in [5.41, 5.74) is 7.21. The molecule has 1 fully saturated rings. The van der Waals surface area contributed by atoms with Crippen LogP contribution in [0, 0.1) is 23.2 Å². The Morgan fingerprint density at radius 1 is 1.24 bits per heavy atom. The second kappa shape index (κ2) is 5.57. The molecule has 21 heavy (non-hydrogen) atoms. The van der Waals surface area contributed by atoms with Gasteiger partial charge < -0.3 is 5.11 Å². The van der Waals surface area contributed by atoms with Crippen LogP contribution in [0.3, 0.4) is 0 Å². The molecule has 0 bridgehead atoms. The van der Waals surface area contributed by atoms with Gasteiger partial charge in [0.25, 0.3) is 0 Å². The number of aliphatic hydroxyl groups excluding tert-OH is 1. The van der Waals surface area contributed by atoms with E-state index in [2.05, 4.69) is 27.7 Å². The summed E-state index contributed by atoms with van der Waals surface area (Å²) < 4.78 is 0. The van der Waals surface area contributed by atoms with Crippen molar-refractivity contribution >= 4 is 0 Å². The van der Waals surface area contributed by atoms with E-state index in [0.29, 0.717) is 17.9 Å². The zero-order valence-corrected chi connectivity index (χ0v) is 14.3.